The normalized spacial score (nSPS) is 9.00. The smallest absolute Gasteiger partial charge is 0.356 e. The van der Waals surface area contributed by atoms with Crippen LogP contribution in [0.5, 0.6) is 0 Å². The highest BCUT2D eigenvalue weighted by atomic mass is 16.5. The molecule has 0 spiro atoms. The van der Waals surface area contributed by atoms with E-state index in [1.807, 2.05) is 0 Å². The molecule has 0 aliphatic heterocycles. The van der Waals surface area contributed by atoms with Crippen molar-refractivity contribution in [3.8, 4) is 11.8 Å². The number of ether oxygens (including phenoxy) is 2. The van der Waals surface area contributed by atoms with Crippen LogP contribution in [-0.4, -0.2) is 30.6 Å². The van der Waals surface area contributed by atoms with E-state index in [1.165, 1.54) is 19.4 Å². The van der Waals surface area contributed by atoms with E-state index in [4.69, 9.17) is 4.74 Å². The second-order valence-electron chi connectivity index (χ2n) is 3.21. The molecule has 94 valence electrons. The molecule has 5 nitrogen and oxygen atoms in total. The number of pyridine rings is 1. The Balaban J connectivity index is 2.61. The molecule has 0 unspecified atom stereocenters. The zero-order valence-electron chi connectivity index (χ0n) is 10.2. The van der Waals surface area contributed by atoms with Gasteiger partial charge in [-0.15, -0.1) is 0 Å². The van der Waals surface area contributed by atoms with Gasteiger partial charge in [0.05, 0.1) is 13.7 Å². The highest BCUT2D eigenvalue weighted by molar-refractivity contribution is 5.87. The number of carbonyl (C=O) groups is 2. The topological polar surface area (TPSA) is 65.5 Å². The van der Waals surface area contributed by atoms with Crippen LogP contribution in [0.3, 0.4) is 0 Å². The first-order valence-corrected chi connectivity index (χ1v) is 5.36. The number of hydrogen-bond acceptors (Lipinski definition) is 5. The summed E-state index contributed by atoms with van der Waals surface area (Å²) in [4.78, 5) is 26.0. The standard InChI is InChI=1S/C13H13NO4/c1-3-18-12(15)6-4-5-10-7-8-11(14-9-10)13(16)17-2/h7-9H,3,6H2,1-2H3. The number of methoxy groups -OCH3 is 1. The third-order valence-electron chi connectivity index (χ3n) is 1.93. The van der Waals surface area contributed by atoms with Crippen molar-refractivity contribution in [2.45, 2.75) is 13.3 Å². The van der Waals surface area contributed by atoms with Crippen LogP contribution in [0.15, 0.2) is 18.3 Å². The number of aromatic nitrogens is 1. The van der Waals surface area contributed by atoms with Crippen molar-refractivity contribution in [2.75, 3.05) is 13.7 Å². The average Bonchev–Trinajstić information content (AvgIpc) is 2.39. The quantitative estimate of drug-likeness (QED) is 0.592. The van der Waals surface area contributed by atoms with Crippen LogP contribution in [0.25, 0.3) is 0 Å². The molecule has 0 aromatic carbocycles. The molecule has 0 saturated heterocycles. The van der Waals surface area contributed by atoms with Crippen molar-refractivity contribution in [1.82, 2.24) is 4.98 Å². The Morgan fingerprint density at radius 3 is 2.72 bits per heavy atom. The van der Waals surface area contributed by atoms with Gasteiger partial charge in [0.2, 0.25) is 0 Å². The monoisotopic (exact) mass is 247 g/mol. The van der Waals surface area contributed by atoms with Crippen molar-refractivity contribution in [3.05, 3.63) is 29.6 Å². The summed E-state index contributed by atoms with van der Waals surface area (Å²) in [5.41, 5.74) is 0.834. The summed E-state index contributed by atoms with van der Waals surface area (Å²) in [6.07, 6.45) is 1.48. The van der Waals surface area contributed by atoms with Gasteiger partial charge in [-0.2, -0.15) is 0 Å². The predicted molar refractivity (Wildman–Crippen MR) is 63.7 cm³/mol. The Hall–Kier alpha value is -2.35. The fraction of sp³-hybridized carbons (Fsp3) is 0.308. The van der Waals surface area contributed by atoms with Gasteiger partial charge in [-0.3, -0.25) is 4.79 Å². The van der Waals surface area contributed by atoms with Gasteiger partial charge in [0.25, 0.3) is 0 Å². The lowest BCUT2D eigenvalue weighted by molar-refractivity contribution is -0.141. The van der Waals surface area contributed by atoms with Crippen LogP contribution in [0.4, 0.5) is 0 Å². The second-order valence-corrected chi connectivity index (χ2v) is 3.21. The molecule has 0 aliphatic rings. The van der Waals surface area contributed by atoms with Crippen molar-refractivity contribution < 1.29 is 19.1 Å². The van der Waals surface area contributed by atoms with Crippen LogP contribution >= 0.6 is 0 Å². The molecule has 0 fully saturated rings. The van der Waals surface area contributed by atoms with Crippen molar-refractivity contribution >= 4 is 11.9 Å². The fourth-order valence-corrected chi connectivity index (χ4v) is 1.12. The van der Waals surface area contributed by atoms with Gasteiger partial charge in [-0.25, -0.2) is 9.78 Å². The molecule has 0 bridgehead atoms. The minimum absolute atomic E-state index is 0.0343. The first-order valence-electron chi connectivity index (χ1n) is 5.36. The molecule has 0 atom stereocenters. The van der Waals surface area contributed by atoms with Crippen LogP contribution in [0.2, 0.25) is 0 Å². The number of esters is 2. The summed E-state index contributed by atoms with van der Waals surface area (Å²) in [5, 5.41) is 0. The molecule has 0 amide bonds. The zero-order chi connectivity index (χ0) is 13.4. The van der Waals surface area contributed by atoms with E-state index in [1.54, 1.807) is 13.0 Å². The fourth-order valence-electron chi connectivity index (χ4n) is 1.12. The Labute approximate surface area is 105 Å². The SMILES string of the molecule is CCOC(=O)CC#Cc1ccc(C(=O)OC)nc1. The molecule has 0 saturated carbocycles. The van der Waals surface area contributed by atoms with Gasteiger partial charge in [0.1, 0.15) is 12.1 Å². The summed E-state index contributed by atoms with van der Waals surface area (Å²) in [5.74, 6) is 4.56. The average molecular weight is 247 g/mol. The predicted octanol–water partition coefficient (Wildman–Crippen LogP) is 1.17. The van der Waals surface area contributed by atoms with E-state index in [-0.39, 0.29) is 18.1 Å². The van der Waals surface area contributed by atoms with Gasteiger partial charge in [0.15, 0.2) is 0 Å². The van der Waals surface area contributed by atoms with Gasteiger partial charge >= 0.3 is 11.9 Å². The summed E-state index contributed by atoms with van der Waals surface area (Å²) in [6.45, 7) is 2.08. The first kappa shape index (κ1) is 13.7. The molecule has 1 aromatic rings. The van der Waals surface area contributed by atoms with Crippen molar-refractivity contribution in [2.24, 2.45) is 0 Å². The summed E-state index contributed by atoms with van der Waals surface area (Å²) < 4.78 is 9.24. The summed E-state index contributed by atoms with van der Waals surface area (Å²) in [6, 6.07) is 3.15. The highest BCUT2D eigenvalue weighted by Crippen LogP contribution is 2.00. The van der Waals surface area contributed by atoms with Gasteiger partial charge in [-0.1, -0.05) is 11.8 Å². The van der Waals surface area contributed by atoms with Crippen LogP contribution in [-0.2, 0) is 14.3 Å². The maximum absolute atomic E-state index is 11.1. The lowest BCUT2D eigenvalue weighted by Gasteiger charge is -1.97. The highest BCUT2D eigenvalue weighted by Gasteiger charge is 2.05. The molecule has 1 rings (SSSR count). The molecule has 18 heavy (non-hydrogen) atoms. The minimum atomic E-state index is -0.499. The Morgan fingerprint density at radius 1 is 1.39 bits per heavy atom. The first-order chi connectivity index (χ1) is 8.67. The summed E-state index contributed by atoms with van der Waals surface area (Å²) >= 11 is 0. The molecular formula is C13H13NO4. The lowest BCUT2D eigenvalue weighted by Crippen LogP contribution is -2.03. The van der Waals surface area contributed by atoms with Crippen molar-refractivity contribution in [3.63, 3.8) is 0 Å². The largest absolute Gasteiger partial charge is 0.465 e. The molecule has 5 heteroatoms. The van der Waals surface area contributed by atoms with E-state index in [2.05, 4.69) is 21.6 Å². The third-order valence-corrected chi connectivity index (χ3v) is 1.93. The number of rotatable bonds is 3. The maximum Gasteiger partial charge on any atom is 0.356 e. The van der Waals surface area contributed by atoms with Crippen LogP contribution < -0.4 is 0 Å². The summed E-state index contributed by atoms with van der Waals surface area (Å²) in [7, 11) is 1.29. The van der Waals surface area contributed by atoms with E-state index in [0.717, 1.165) is 0 Å². The number of carbonyl (C=O) groups excluding carboxylic acids is 2. The minimum Gasteiger partial charge on any atom is -0.465 e. The van der Waals surface area contributed by atoms with Gasteiger partial charge in [0, 0.05) is 11.8 Å². The van der Waals surface area contributed by atoms with E-state index in [0.29, 0.717) is 12.2 Å². The molecule has 0 radical (unpaired) electrons. The van der Waals surface area contributed by atoms with Gasteiger partial charge in [-0.05, 0) is 19.1 Å². The number of hydrogen-bond donors (Lipinski definition) is 0. The van der Waals surface area contributed by atoms with Crippen molar-refractivity contribution in [1.29, 1.82) is 0 Å². The molecule has 0 N–H and O–H groups in total. The van der Waals surface area contributed by atoms with Gasteiger partial charge < -0.3 is 9.47 Å². The molecule has 1 aromatic heterocycles. The van der Waals surface area contributed by atoms with Crippen LogP contribution in [0, 0.1) is 11.8 Å². The Morgan fingerprint density at radius 2 is 2.17 bits per heavy atom. The molecular weight excluding hydrogens is 234 g/mol. The lowest BCUT2D eigenvalue weighted by atomic mass is 10.2. The zero-order valence-corrected chi connectivity index (χ0v) is 10.2. The second kappa shape index (κ2) is 7.07. The van der Waals surface area contributed by atoms with E-state index < -0.39 is 5.97 Å². The Kier molecular flexibility index (Phi) is 5.39. The van der Waals surface area contributed by atoms with Crippen LogP contribution in [0.1, 0.15) is 29.4 Å². The number of nitrogens with zero attached hydrogens (tertiary/aromatic N) is 1. The maximum atomic E-state index is 11.1. The molecule has 0 aliphatic carbocycles. The molecule has 1 heterocycles. The third kappa shape index (κ3) is 4.26. The van der Waals surface area contributed by atoms with E-state index >= 15 is 0 Å². The van der Waals surface area contributed by atoms with E-state index in [9.17, 15) is 9.59 Å². The Bertz CT molecular complexity index is 482.